The van der Waals surface area contributed by atoms with Crippen LogP contribution in [0.2, 0.25) is 0 Å². The van der Waals surface area contributed by atoms with E-state index in [4.69, 9.17) is 4.74 Å². The van der Waals surface area contributed by atoms with Crippen LogP contribution in [0.25, 0.3) is 5.69 Å². The van der Waals surface area contributed by atoms with Gasteiger partial charge in [0.2, 0.25) is 0 Å². The fourth-order valence-electron chi connectivity index (χ4n) is 2.72. The van der Waals surface area contributed by atoms with Crippen LogP contribution in [0.4, 0.5) is 20.6 Å². The van der Waals surface area contributed by atoms with Crippen molar-refractivity contribution in [3.63, 3.8) is 0 Å². The van der Waals surface area contributed by atoms with E-state index in [0.717, 1.165) is 17.4 Å². The van der Waals surface area contributed by atoms with E-state index < -0.39 is 23.4 Å². The number of carbonyl (C=O) groups excluding carboxylic acids is 2. The van der Waals surface area contributed by atoms with E-state index in [1.54, 1.807) is 31.5 Å². The smallest absolute Gasteiger partial charge is 0.412 e. The summed E-state index contributed by atoms with van der Waals surface area (Å²) in [6, 6.07) is 14.8. The van der Waals surface area contributed by atoms with Gasteiger partial charge < -0.3 is 10.1 Å². The van der Waals surface area contributed by atoms with E-state index >= 15 is 0 Å². The standard InChI is InChI=1S/C22H23FN4O3/c1-14-12-19(26-27(14)16-8-6-5-7-9-16)20(28)25-18-13-15(10-11-17(18)23)24-21(29)30-22(2,3)4/h5-13H,1-4H3,(H,24,29)(H,25,28). The Labute approximate surface area is 173 Å². The minimum atomic E-state index is -0.677. The molecule has 8 heteroatoms. The molecule has 30 heavy (non-hydrogen) atoms. The van der Waals surface area contributed by atoms with Crippen molar-refractivity contribution in [2.45, 2.75) is 33.3 Å². The Morgan fingerprint density at radius 3 is 2.40 bits per heavy atom. The quantitative estimate of drug-likeness (QED) is 0.639. The average molecular weight is 410 g/mol. The minimum Gasteiger partial charge on any atom is -0.444 e. The maximum Gasteiger partial charge on any atom is 0.412 e. The summed E-state index contributed by atoms with van der Waals surface area (Å²) in [5, 5.41) is 9.32. The van der Waals surface area contributed by atoms with Crippen molar-refractivity contribution in [3.05, 3.63) is 71.8 Å². The lowest BCUT2D eigenvalue weighted by Crippen LogP contribution is -2.27. The summed E-state index contributed by atoms with van der Waals surface area (Å²) < 4.78 is 21.0. The molecule has 2 N–H and O–H groups in total. The molecule has 0 aliphatic heterocycles. The van der Waals surface area contributed by atoms with Crippen molar-refractivity contribution >= 4 is 23.4 Å². The predicted molar refractivity (Wildman–Crippen MR) is 113 cm³/mol. The monoisotopic (exact) mass is 410 g/mol. The molecule has 0 atom stereocenters. The topological polar surface area (TPSA) is 85.2 Å². The number of hydrogen-bond acceptors (Lipinski definition) is 4. The second kappa shape index (κ2) is 8.36. The summed E-state index contributed by atoms with van der Waals surface area (Å²) in [5.41, 5.74) is 1.24. The summed E-state index contributed by atoms with van der Waals surface area (Å²) in [7, 11) is 0. The van der Waals surface area contributed by atoms with Gasteiger partial charge in [-0.25, -0.2) is 13.9 Å². The Morgan fingerprint density at radius 2 is 1.73 bits per heavy atom. The lowest BCUT2D eigenvalue weighted by atomic mass is 10.2. The van der Waals surface area contributed by atoms with Crippen molar-refractivity contribution < 1.29 is 18.7 Å². The number of carbonyl (C=O) groups is 2. The third-order valence-electron chi connectivity index (χ3n) is 3.98. The number of aromatic nitrogens is 2. The number of hydrogen-bond donors (Lipinski definition) is 2. The molecule has 0 saturated heterocycles. The second-order valence-electron chi connectivity index (χ2n) is 7.69. The number of anilines is 2. The molecule has 7 nitrogen and oxygen atoms in total. The third-order valence-corrected chi connectivity index (χ3v) is 3.98. The first-order valence-electron chi connectivity index (χ1n) is 9.35. The van der Waals surface area contributed by atoms with Crippen LogP contribution in [0, 0.1) is 12.7 Å². The van der Waals surface area contributed by atoms with Crippen LogP contribution in [-0.4, -0.2) is 27.4 Å². The highest BCUT2D eigenvalue weighted by Gasteiger charge is 2.18. The highest BCUT2D eigenvalue weighted by atomic mass is 19.1. The van der Waals surface area contributed by atoms with E-state index in [-0.39, 0.29) is 17.1 Å². The van der Waals surface area contributed by atoms with Crippen LogP contribution in [0.3, 0.4) is 0 Å². The number of rotatable bonds is 4. The largest absolute Gasteiger partial charge is 0.444 e. The second-order valence-corrected chi connectivity index (χ2v) is 7.69. The van der Waals surface area contributed by atoms with Crippen LogP contribution in [0.1, 0.15) is 37.0 Å². The summed E-state index contributed by atoms with van der Waals surface area (Å²) in [6.45, 7) is 7.03. The zero-order chi connectivity index (χ0) is 21.9. The maximum absolute atomic E-state index is 14.2. The molecule has 0 aliphatic rings. The molecule has 156 valence electrons. The average Bonchev–Trinajstić information content (AvgIpc) is 3.05. The van der Waals surface area contributed by atoms with Crippen LogP contribution >= 0.6 is 0 Å². The van der Waals surface area contributed by atoms with Crippen LogP contribution in [0.5, 0.6) is 0 Å². The molecule has 0 unspecified atom stereocenters. The number of benzene rings is 2. The van der Waals surface area contributed by atoms with E-state index in [2.05, 4.69) is 15.7 Å². The van der Waals surface area contributed by atoms with Crippen molar-refractivity contribution in [2.24, 2.45) is 0 Å². The van der Waals surface area contributed by atoms with Crippen molar-refractivity contribution in [1.29, 1.82) is 0 Å². The normalized spacial score (nSPS) is 11.1. The highest BCUT2D eigenvalue weighted by Crippen LogP contribution is 2.22. The van der Waals surface area contributed by atoms with Gasteiger partial charge in [0.15, 0.2) is 5.69 Å². The maximum atomic E-state index is 14.2. The number of aryl methyl sites for hydroxylation is 1. The molecule has 0 aliphatic carbocycles. The summed E-state index contributed by atoms with van der Waals surface area (Å²) in [5.74, 6) is -1.21. The number of halogens is 1. The molecule has 1 aromatic heterocycles. The van der Waals surface area contributed by atoms with Gasteiger partial charge in [-0.3, -0.25) is 10.1 Å². The van der Waals surface area contributed by atoms with E-state index in [9.17, 15) is 14.0 Å². The van der Waals surface area contributed by atoms with E-state index in [1.807, 2.05) is 37.3 Å². The zero-order valence-corrected chi connectivity index (χ0v) is 17.2. The fraction of sp³-hybridized carbons (Fsp3) is 0.227. The summed E-state index contributed by atoms with van der Waals surface area (Å²) in [4.78, 5) is 24.5. The van der Waals surface area contributed by atoms with E-state index in [1.165, 1.54) is 12.1 Å². The van der Waals surface area contributed by atoms with Gasteiger partial charge in [-0.2, -0.15) is 5.10 Å². The van der Waals surface area contributed by atoms with Gasteiger partial charge in [-0.15, -0.1) is 0 Å². The lowest BCUT2D eigenvalue weighted by molar-refractivity contribution is 0.0635. The first kappa shape index (κ1) is 21.0. The van der Waals surface area contributed by atoms with Gasteiger partial charge in [0.1, 0.15) is 11.4 Å². The minimum absolute atomic E-state index is 0.0829. The van der Waals surface area contributed by atoms with Crippen LogP contribution in [-0.2, 0) is 4.74 Å². The fourth-order valence-corrected chi connectivity index (χ4v) is 2.72. The summed E-state index contributed by atoms with van der Waals surface area (Å²) in [6.07, 6.45) is -0.677. The molecule has 0 bridgehead atoms. The number of para-hydroxylation sites is 1. The SMILES string of the molecule is Cc1cc(C(=O)Nc2cc(NC(=O)OC(C)(C)C)ccc2F)nn1-c1ccccc1. The van der Waals surface area contributed by atoms with Gasteiger partial charge >= 0.3 is 6.09 Å². The molecule has 2 amide bonds. The van der Waals surface area contributed by atoms with Crippen molar-refractivity contribution in [1.82, 2.24) is 9.78 Å². The Balaban J connectivity index is 1.76. The Hall–Kier alpha value is -3.68. The highest BCUT2D eigenvalue weighted by molar-refractivity contribution is 6.03. The Bertz CT molecular complexity index is 1070. The molecule has 2 aromatic carbocycles. The molecular formula is C22H23FN4O3. The predicted octanol–water partition coefficient (Wildman–Crippen LogP) is 4.92. The molecule has 0 fully saturated rings. The molecule has 1 heterocycles. The number of nitrogens with one attached hydrogen (secondary N) is 2. The Kier molecular flexibility index (Phi) is 5.86. The van der Waals surface area contributed by atoms with Gasteiger partial charge in [-0.1, -0.05) is 18.2 Å². The summed E-state index contributed by atoms with van der Waals surface area (Å²) >= 11 is 0. The Morgan fingerprint density at radius 1 is 1.03 bits per heavy atom. The van der Waals surface area contributed by atoms with Crippen molar-refractivity contribution in [2.75, 3.05) is 10.6 Å². The van der Waals surface area contributed by atoms with E-state index in [0.29, 0.717) is 0 Å². The molecule has 0 radical (unpaired) electrons. The van der Waals surface area contributed by atoms with Gasteiger partial charge in [0, 0.05) is 11.4 Å². The molecule has 3 aromatic rings. The van der Waals surface area contributed by atoms with Gasteiger partial charge in [0.25, 0.3) is 5.91 Å². The van der Waals surface area contributed by atoms with Crippen LogP contribution < -0.4 is 10.6 Å². The lowest BCUT2D eigenvalue weighted by Gasteiger charge is -2.19. The molecule has 3 rings (SSSR count). The number of ether oxygens (including phenoxy) is 1. The van der Waals surface area contributed by atoms with Gasteiger partial charge in [-0.05, 0) is 64.1 Å². The number of nitrogens with zero attached hydrogens (tertiary/aromatic N) is 2. The first-order valence-corrected chi connectivity index (χ1v) is 9.35. The molecular weight excluding hydrogens is 387 g/mol. The zero-order valence-electron chi connectivity index (χ0n) is 17.2. The van der Waals surface area contributed by atoms with Gasteiger partial charge in [0.05, 0.1) is 11.4 Å². The first-order chi connectivity index (χ1) is 14.1. The van der Waals surface area contributed by atoms with Crippen LogP contribution in [0.15, 0.2) is 54.6 Å². The number of amides is 2. The van der Waals surface area contributed by atoms with Crippen molar-refractivity contribution in [3.8, 4) is 5.69 Å². The third kappa shape index (κ3) is 5.22. The molecule has 0 saturated carbocycles. The molecule has 0 spiro atoms.